The standard InChI is InChI=1S/C21H30N4O/c1-21(2,3)16-7-9-17(10-8-16)24-18-11-13-22-19(15-18)20(26)23-12-6-14-25(4)5/h7-11,13,15H,6,12,14H2,1-5H3,(H,22,24)(H,23,26). The second-order valence-electron chi connectivity index (χ2n) is 7.79. The molecule has 0 unspecified atom stereocenters. The Morgan fingerprint density at radius 3 is 2.38 bits per heavy atom. The Hall–Kier alpha value is -2.40. The molecule has 0 fully saturated rings. The van der Waals surface area contributed by atoms with Crippen LogP contribution in [0.25, 0.3) is 0 Å². The zero-order chi connectivity index (χ0) is 19.2. The predicted octanol–water partition coefficient (Wildman–Crippen LogP) is 3.80. The lowest BCUT2D eigenvalue weighted by atomic mass is 9.87. The van der Waals surface area contributed by atoms with Gasteiger partial charge in [-0.3, -0.25) is 9.78 Å². The summed E-state index contributed by atoms with van der Waals surface area (Å²) in [6, 6.07) is 12.0. The maximum atomic E-state index is 12.2. The van der Waals surface area contributed by atoms with Gasteiger partial charge in [-0.2, -0.15) is 0 Å². The van der Waals surface area contributed by atoms with Gasteiger partial charge < -0.3 is 15.5 Å². The fourth-order valence-electron chi connectivity index (χ4n) is 2.54. The Balaban J connectivity index is 1.97. The van der Waals surface area contributed by atoms with E-state index >= 15 is 0 Å². The van der Waals surface area contributed by atoms with E-state index < -0.39 is 0 Å². The highest BCUT2D eigenvalue weighted by molar-refractivity contribution is 5.93. The predicted molar refractivity (Wildman–Crippen MR) is 108 cm³/mol. The first-order chi connectivity index (χ1) is 12.3. The first-order valence-corrected chi connectivity index (χ1v) is 9.02. The molecule has 2 rings (SSSR count). The molecule has 1 heterocycles. The van der Waals surface area contributed by atoms with Gasteiger partial charge in [-0.15, -0.1) is 0 Å². The first kappa shape index (κ1) is 19.9. The number of rotatable bonds is 7. The molecule has 5 nitrogen and oxygen atoms in total. The lowest BCUT2D eigenvalue weighted by molar-refractivity contribution is 0.0947. The Bertz CT molecular complexity index is 718. The molecule has 0 aliphatic carbocycles. The highest BCUT2D eigenvalue weighted by atomic mass is 16.1. The van der Waals surface area contributed by atoms with Gasteiger partial charge in [0.05, 0.1) is 0 Å². The number of nitrogens with one attached hydrogen (secondary N) is 2. The van der Waals surface area contributed by atoms with Crippen LogP contribution in [0.5, 0.6) is 0 Å². The summed E-state index contributed by atoms with van der Waals surface area (Å²) < 4.78 is 0. The monoisotopic (exact) mass is 354 g/mol. The van der Waals surface area contributed by atoms with E-state index in [1.165, 1.54) is 5.56 Å². The second kappa shape index (κ2) is 8.81. The van der Waals surface area contributed by atoms with Crippen molar-refractivity contribution in [3.63, 3.8) is 0 Å². The van der Waals surface area contributed by atoms with Crippen molar-refractivity contribution in [3.05, 3.63) is 53.9 Å². The van der Waals surface area contributed by atoms with Crippen molar-refractivity contribution in [2.45, 2.75) is 32.6 Å². The van der Waals surface area contributed by atoms with Crippen molar-refractivity contribution in [3.8, 4) is 0 Å². The van der Waals surface area contributed by atoms with Crippen LogP contribution in [-0.2, 0) is 5.41 Å². The van der Waals surface area contributed by atoms with E-state index in [9.17, 15) is 4.79 Å². The molecule has 1 aromatic carbocycles. The number of pyridine rings is 1. The number of carbonyl (C=O) groups is 1. The zero-order valence-electron chi connectivity index (χ0n) is 16.5. The molecular formula is C21H30N4O. The normalized spacial score (nSPS) is 11.5. The molecule has 0 aliphatic rings. The van der Waals surface area contributed by atoms with E-state index in [0.29, 0.717) is 12.2 Å². The summed E-state index contributed by atoms with van der Waals surface area (Å²) in [6.07, 6.45) is 2.57. The number of hydrogen-bond donors (Lipinski definition) is 2. The average Bonchev–Trinajstić information content (AvgIpc) is 2.58. The SMILES string of the molecule is CN(C)CCCNC(=O)c1cc(Nc2ccc(C(C)(C)C)cc2)ccn1. The Labute approximate surface area is 156 Å². The number of nitrogens with zero attached hydrogens (tertiary/aromatic N) is 2. The maximum Gasteiger partial charge on any atom is 0.269 e. The molecule has 0 bridgehead atoms. The summed E-state index contributed by atoms with van der Waals surface area (Å²) in [7, 11) is 4.04. The van der Waals surface area contributed by atoms with Gasteiger partial charge in [0.1, 0.15) is 5.69 Å². The number of carbonyl (C=O) groups excluding carboxylic acids is 1. The van der Waals surface area contributed by atoms with Gasteiger partial charge in [0.2, 0.25) is 0 Å². The van der Waals surface area contributed by atoms with Crippen molar-refractivity contribution in [2.24, 2.45) is 0 Å². The molecule has 0 saturated carbocycles. The molecule has 0 radical (unpaired) electrons. The van der Waals surface area contributed by atoms with Gasteiger partial charge in [0.25, 0.3) is 5.91 Å². The molecule has 2 aromatic rings. The molecule has 0 aliphatic heterocycles. The Morgan fingerprint density at radius 2 is 1.77 bits per heavy atom. The smallest absolute Gasteiger partial charge is 0.269 e. The highest BCUT2D eigenvalue weighted by Crippen LogP contribution is 2.24. The zero-order valence-corrected chi connectivity index (χ0v) is 16.5. The third kappa shape index (κ3) is 6.15. The molecule has 1 aromatic heterocycles. The largest absolute Gasteiger partial charge is 0.355 e. The Morgan fingerprint density at radius 1 is 1.08 bits per heavy atom. The van der Waals surface area contributed by atoms with Crippen LogP contribution < -0.4 is 10.6 Å². The fraction of sp³-hybridized carbons (Fsp3) is 0.429. The van der Waals surface area contributed by atoms with Crippen LogP contribution in [0, 0.1) is 0 Å². The summed E-state index contributed by atoms with van der Waals surface area (Å²) in [5.41, 5.74) is 3.68. The van der Waals surface area contributed by atoms with Crippen LogP contribution in [0.1, 0.15) is 43.2 Å². The van der Waals surface area contributed by atoms with Gasteiger partial charge in [-0.1, -0.05) is 32.9 Å². The summed E-state index contributed by atoms with van der Waals surface area (Å²) in [6.45, 7) is 8.18. The van der Waals surface area contributed by atoms with Gasteiger partial charge >= 0.3 is 0 Å². The summed E-state index contributed by atoms with van der Waals surface area (Å²) in [4.78, 5) is 18.5. The van der Waals surface area contributed by atoms with E-state index in [0.717, 1.165) is 24.3 Å². The van der Waals surface area contributed by atoms with Gasteiger partial charge in [0.15, 0.2) is 0 Å². The van der Waals surface area contributed by atoms with Crippen LogP contribution >= 0.6 is 0 Å². The van der Waals surface area contributed by atoms with E-state index in [4.69, 9.17) is 0 Å². The average molecular weight is 354 g/mol. The van der Waals surface area contributed by atoms with Crippen molar-refractivity contribution in [1.29, 1.82) is 0 Å². The van der Waals surface area contributed by atoms with E-state index in [1.54, 1.807) is 12.3 Å². The lowest BCUT2D eigenvalue weighted by Gasteiger charge is -2.19. The van der Waals surface area contributed by atoms with E-state index in [2.05, 4.69) is 65.6 Å². The first-order valence-electron chi connectivity index (χ1n) is 9.02. The number of hydrogen-bond acceptors (Lipinski definition) is 4. The van der Waals surface area contributed by atoms with Crippen molar-refractivity contribution >= 4 is 17.3 Å². The Kier molecular flexibility index (Phi) is 6.75. The molecule has 2 N–H and O–H groups in total. The summed E-state index contributed by atoms with van der Waals surface area (Å²) in [5, 5.41) is 6.25. The minimum atomic E-state index is -0.143. The van der Waals surface area contributed by atoms with Gasteiger partial charge in [-0.25, -0.2) is 0 Å². The molecule has 5 heteroatoms. The number of amides is 1. The molecule has 1 amide bonds. The van der Waals surface area contributed by atoms with Crippen LogP contribution in [0.15, 0.2) is 42.6 Å². The third-order valence-electron chi connectivity index (χ3n) is 4.10. The molecule has 0 saturated heterocycles. The molecular weight excluding hydrogens is 324 g/mol. The number of anilines is 2. The summed E-state index contributed by atoms with van der Waals surface area (Å²) >= 11 is 0. The van der Waals surface area contributed by atoms with E-state index in [1.807, 2.05) is 20.2 Å². The molecule has 140 valence electrons. The van der Waals surface area contributed by atoms with E-state index in [-0.39, 0.29) is 11.3 Å². The van der Waals surface area contributed by atoms with Crippen molar-refractivity contribution in [2.75, 3.05) is 32.5 Å². The topological polar surface area (TPSA) is 57.3 Å². The molecule has 26 heavy (non-hydrogen) atoms. The van der Waals surface area contributed by atoms with Crippen molar-refractivity contribution in [1.82, 2.24) is 15.2 Å². The minimum absolute atomic E-state index is 0.132. The van der Waals surface area contributed by atoms with Crippen LogP contribution in [0.2, 0.25) is 0 Å². The molecule has 0 spiro atoms. The lowest BCUT2D eigenvalue weighted by Crippen LogP contribution is -2.27. The minimum Gasteiger partial charge on any atom is -0.355 e. The molecule has 0 atom stereocenters. The second-order valence-corrected chi connectivity index (χ2v) is 7.79. The third-order valence-corrected chi connectivity index (χ3v) is 4.10. The van der Waals surface area contributed by atoms with Crippen LogP contribution in [-0.4, -0.2) is 43.0 Å². The summed E-state index contributed by atoms with van der Waals surface area (Å²) in [5.74, 6) is -0.143. The quantitative estimate of drug-likeness (QED) is 0.743. The van der Waals surface area contributed by atoms with Crippen molar-refractivity contribution < 1.29 is 4.79 Å². The maximum absolute atomic E-state index is 12.2. The number of aromatic nitrogens is 1. The highest BCUT2D eigenvalue weighted by Gasteiger charge is 2.13. The fourth-order valence-corrected chi connectivity index (χ4v) is 2.54. The van der Waals surface area contributed by atoms with Crippen LogP contribution in [0.3, 0.4) is 0 Å². The van der Waals surface area contributed by atoms with Gasteiger partial charge in [0, 0.05) is 24.1 Å². The number of benzene rings is 1. The van der Waals surface area contributed by atoms with Gasteiger partial charge in [-0.05, 0) is 62.3 Å². The van der Waals surface area contributed by atoms with Crippen LogP contribution in [0.4, 0.5) is 11.4 Å².